The Morgan fingerprint density at radius 1 is 1.08 bits per heavy atom. The van der Waals surface area contributed by atoms with Crippen LogP contribution in [-0.2, 0) is 0 Å². The van der Waals surface area contributed by atoms with Gasteiger partial charge in [0.15, 0.2) is 0 Å². The van der Waals surface area contributed by atoms with Gasteiger partial charge in [-0.25, -0.2) is 4.39 Å². The summed E-state index contributed by atoms with van der Waals surface area (Å²) in [4.78, 5) is 0. The molecule has 0 heterocycles. The van der Waals surface area contributed by atoms with Gasteiger partial charge in [-0.3, -0.25) is 0 Å². The first-order valence-corrected chi connectivity index (χ1v) is 5.31. The summed E-state index contributed by atoms with van der Waals surface area (Å²) in [7, 11) is 0. The van der Waals surface area contributed by atoms with Crippen LogP contribution in [0.25, 0.3) is 0 Å². The summed E-state index contributed by atoms with van der Waals surface area (Å²) in [6.45, 7) is 8.38. The molecule has 0 aromatic heterocycles. The van der Waals surface area contributed by atoms with Gasteiger partial charge in [-0.15, -0.1) is 0 Å². The van der Waals surface area contributed by atoms with E-state index >= 15 is 0 Å². The van der Waals surface area contributed by atoms with E-state index in [0.29, 0.717) is 12.3 Å². The molecule has 0 spiro atoms. The summed E-state index contributed by atoms with van der Waals surface area (Å²) in [5.74, 6) is 0.838. The minimum absolute atomic E-state index is 0.287. The molecule has 0 rings (SSSR count). The van der Waals surface area contributed by atoms with Crippen LogP contribution in [0.5, 0.6) is 0 Å². The highest BCUT2D eigenvalue weighted by Crippen LogP contribution is 2.27. The van der Waals surface area contributed by atoms with E-state index in [1.807, 2.05) is 6.92 Å². The van der Waals surface area contributed by atoms with E-state index in [1.54, 1.807) is 0 Å². The van der Waals surface area contributed by atoms with Crippen molar-refractivity contribution in [1.82, 2.24) is 0 Å². The lowest BCUT2D eigenvalue weighted by molar-refractivity contribution is 0.156. The first kappa shape index (κ1) is 11.9. The van der Waals surface area contributed by atoms with Crippen LogP contribution in [0.4, 0.5) is 4.39 Å². The SMILES string of the molecule is CCCC(C)C(CC)[C@@H](F)CC. The molecule has 0 N–H and O–H groups in total. The molecule has 0 amide bonds. The van der Waals surface area contributed by atoms with E-state index in [2.05, 4.69) is 20.8 Å². The second-order valence-corrected chi connectivity index (χ2v) is 3.76. The zero-order chi connectivity index (χ0) is 9.56. The molecule has 0 aliphatic rings. The van der Waals surface area contributed by atoms with Crippen LogP contribution in [0.3, 0.4) is 0 Å². The van der Waals surface area contributed by atoms with Gasteiger partial charge in [-0.05, 0) is 18.3 Å². The summed E-state index contributed by atoms with van der Waals surface area (Å²) in [6, 6.07) is 0. The summed E-state index contributed by atoms with van der Waals surface area (Å²) in [5.41, 5.74) is 0. The first-order valence-electron chi connectivity index (χ1n) is 5.31. The van der Waals surface area contributed by atoms with Crippen LogP contribution in [-0.4, -0.2) is 6.17 Å². The molecule has 1 heteroatoms. The molecule has 0 aliphatic carbocycles. The second-order valence-electron chi connectivity index (χ2n) is 3.76. The molecule has 0 aromatic rings. The Hall–Kier alpha value is -0.0700. The van der Waals surface area contributed by atoms with Crippen molar-refractivity contribution >= 4 is 0 Å². The van der Waals surface area contributed by atoms with Crippen LogP contribution in [0.1, 0.15) is 53.4 Å². The molecular formula is C11H23F. The van der Waals surface area contributed by atoms with E-state index in [9.17, 15) is 4.39 Å². The molecule has 2 unspecified atom stereocenters. The van der Waals surface area contributed by atoms with Crippen molar-refractivity contribution < 1.29 is 4.39 Å². The van der Waals surface area contributed by atoms with Crippen molar-refractivity contribution in [3.8, 4) is 0 Å². The highest BCUT2D eigenvalue weighted by molar-refractivity contribution is 4.72. The predicted octanol–water partition coefficient (Wildman–Crippen LogP) is 4.20. The fourth-order valence-corrected chi connectivity index (χ4v) is 1.99. The minimum atomic E-state index is -0.587. The van der Waals surface area contributed by atoms with Gasteiger partial charge in [0.1, 0.15) is 6.17 Å². The lowest BCUT2D eigenvalue weighted by atomic mass is 9.84. The van der Waals surface area contributed by atoms with Gasteiger partial charge < -0.3 is 0 Å². The largest absolute Gasteiger partial charge is 0.247 e. The van der Waals surface area contributed by atoms with E-state index in [1.165, 1.54) is 12.8 Å². The van der Waals surface area contributed by atoms with E-state index < -0.39 is 6.17 Å². The normalized spacial score (nSPS) is 18.8. The van der Waals surface area contributed by atoms with Crippen LogP contribution in [0, 0.1) is 11.8 Å². The van der Waals surface area contributed by atoms with Crippen LogP contribution < -0.4 is 0 Å². The summed E-state index contributed by atoms with van der Waals surface area (Å²) in [6.07, 6.45) is 3.41. The van der Waals surface area contributed by atoms with Crippen LogP contribution in [0.15, 0.2) is 0 Å². The van der Waals surface area contributed by atoms with Gasteiger partial charge in [-0.1, -0.05) is 47.0 Å². The van der Waals surface area contributed by atoms with E-state index in [4.69, 9.17) is 0 Å². The number of rotatable bonds is 6. The molecule has 0 saturated heterocycles. The maximum atomic E-state index is 13.4. The van der Waals surface area contributed by atoms with E-state index in [0.717, 1.165) is 6.42 Å². The maximum absolute atomic E-state index is 13.4. The number of halogens is 1. The average molecular weight is 174 g/mol. The Balaban J connectivity index is 3.94. The van der Waals surface area contributed by atoms with Crippen molar-refractivity contribution in [2.45, 2.75) is 59.5 Å². The van der Waals surface area contributed by atoms with Gasteiger partial charge in [0.05, 0.1) is 0 Å². The summed E-state index contributed by atoms with van der Waals surface area (Å²) >= 11 is 0. The Labute approximate surface area is 76.6 Å². The number of hydrogen-bond acceptors (Lipinski definition) is 0. The molecule has 0 fully saturated rings. The third-order valence-electron chi connectivity index (χ3n) is 2.80. The van der Waals surface area contributed by atoms with Crippen LogP contribution >= 0.6 is 0 Å². The topological polar surface area (TPSA) is 0 Å². The standard InChI is InChI=1S/C11H23F/c1-5-8-9(4)10(6-2)11(12)7-3/h9-11H,5-8H2,1-4H3/t9?,10?,11-/m0/s1. The van der Waals surface area contributed by atoms with Crippen molar-refractivity contribution in [3.63, 3.8) is 0 Å². The molecule has 3 atom stereocenters. The van der Waals surface area contributed by atoms with Gasteiger partial charge >= 0.3 is 0 Å². The molecular weight excluding hydrogens is 151 g/mol. The number of alkyl halides is 1. The lowest BCUT2D eigenvalue weighted by Gasteiger charge is -2.25. The van der Waals surface area contributed by atoms with Gasteiger partial charge in [0, 0.05) is 0 Å². The van der Waals surface area contributed by atoms with Crippen molar-refractivity contribution in [2.24, 2.45) is 11.8 Å². The first-order chi connectivity index (χ1) is 5.67. The smallest absolute Gasteiger partial charge is 0.103 e. The van der Waals surface area contributed by atoms with Gasteiger partial charge in [-0.2, -0.15) is 0 Å². The van der Waals surface area contributed by atoms with E-state index in [-0.39, 0.29) is 5.92 Å². The van der Waals surface area contributed by atoms with Gasteiger partial charge in [0.2, 0.25) is 0 Å². The Kier molecular flexibility index (Phi) is 6.41. The lowest BCUT2D eigenvalue weighted by Crippen LogP contribution is -2.21. The van der Waals surface area contributed by atoms with Crippen molar-refractivity contribution in [3.05, 3.63) is 0 Å². The molecule has 0 aliphatic heterocycles. The summed E-state index contributed by atoms with van der Waals surface area (Å²) < 4.78 is 13.4. The highest BCUT2D eigenvalue weighted by Gasteiger charge is 2.22. The third kappa shape index (κ3) is 3.55. The Bertz CT molecular complexity index is 101. The fourth-order valence-electron chi connectivity index (χ4n) is 1.99. The Morgan fingerprint density at radius 3 is 2.00 bits per heavy atom. The predicted molar refractivity (Wildman–Crippen MR) is 53.0 cm³/mol. The second kappa shape index (κ2) is 6.45. The number of hydrogen-bond donors (Lipinski definition) is 0. The monoisotopic (exact) mass is 174 g/mol. The minimum Gasteiger partial charge on any atom is -0.247 e. The molecule has 0 saturated carbocycles. The molecule has 74 valence electrons. The fraction of sp³-hybridized carbons (Fsp3) is 1.00. The molecule has 0 radical (unpaired) electrons. The third-order valence-corrected chi connectivity index (χ3v) is 2.80. The highest BCUT2D eigenvalue weighted by atomic mass is 19.1. The van der Waals surface area contributed by atoms with Gasteiger partial charge in [0.25, 0.3) is 0 Å². The average Bonchev–Trinajstić information content (AvgIpc) is 2.06. The summed E-state index contributed by atoms with van der Waals surface area (Å²) in [5, 5.41) is 0. The maximum Gasteiger partial charge on any atom is 0.103 e. The molecule has 0 aromatic carbocycles. The zero-order valence-electron chi connectivity index (χ0n) is 8.94. The van der Waals surface area contributed by atoms with Crippen molar-refractivity contribution in [2.75, 3.05) is 0 Å². The molecule has 0 nitrogen and oxygen atoms in total. The molecule has 0 bridgehead atoms. The Morgan fingerprint density at radius 2 is 1.67 bits per heavy atom. The quantitative estimate of drug-likeness (QED) is 0.566. The van der Waals surface area contributed by atoms with Crippen molar-refractivity contribution in [1.29, 1.82) is 0 Å². The molecule has 12 heavy (non-hydrogen) atoms. The van der Waals surface area contributed by atoms with Crippen LogP contribution in [0.2, 0.25) is 0 Å². The zero-order valence-corrected chi connectivity index (χ0v) is 8.94.